The zero-order valence-corrected chi connectivity index (χ0v) is 12.8. The summed E-state index contributed by atoms with van der Waals surface area (Å²) >= 11 is 11.6. The highest BCUT2D eigenvalue weighted by molar-refractivity contribution is 6.36. The van der Waals surface area contributed by atoms with Gasteiger partial charge in [-0.15, -0.1) is 0 Å². The first-order valence-corrected chi connectivity index (χ1v) is 6.98. The molecule has 0 heterocycles. The van der Waals surface area contributed by atoms with Gasteiger partial charge in [-0.1, -0.05) is 41.4 Å². The van der Waals surface area contributed by atoms with Crippen LogP contribution in [0.3, 0.4) is 0 Å². The van der Waals surface area contributed by atoms with Gasteiger partial charge in [-0.05, 0) is 23.8 Å². The molecule has 5 nitrogen and oxygen atoms in total. The van der Waals surface area contributed by atoms with Gasteiger partial charge >= 0.3 is 0 Å². The third kappa shape index (κ3) is 3.76. The lowest BCUT2D eigenvalue weighted by atomic mass is 10.1. The molecule has 0 spiro atoms. The van der Waals surface area contributed by atoms with Gasteiger partial charge in [0, 0.05) is 16.1 Å². The number of rotatable bonds is 4. The maximum atomic E-state index is 12.0. The quantitative estimate of drug-likeness (QED) is 0.592. The van der Waals surface area contributed by atoms with Gasteiger partial charge in [0.25, 0.3) is 5.91 Å². The summed E-state index contributed by atoms with van der Waals surface area (Å²) in [4.78, 5) is 12.0. The maximum Gasteiger partial charge on any atom is 0.271 e. The fraction of sp³-hybridized carbons (Fsp3) is 0.0667. The predicted octanol–water partition coefficient (Wildman–Crippen LogP) is 2.96. The number of carbonyl (C=O) groups excluding carboxylic acids is 1. The topological polar surface area (TPSA) is 81.9 Å². The van der Waals surface area contributed by atoms with Crippen LogP contribution in [0.5, 0.6) is 5.75 Å². The SMILES string of the molecule is O=C(NN=Cc1cc(Cl)cc(Cl)c1O)c1ccccc1CO. The third-order valence-corrected chi connectivity index (χ3v) is 3.37. The Balaban J connectivity index is 2.14. The van der Waals surface area contributed by atoms with E-state index in [9.17, 15) is 15.0 Å². The number of amides is 1. The van der Waals surface area contributed by atoms with Crippen LogP contribution in [0.1, 0.15) is 21.5 Å². The second kappa shape index (κ2) is 7.26. The summed E-state index contributed by atoms with van der Waals surface area (Å²) in [6, 6.07) is 9.47. The van der Waals surface area contributed by atoms with Crippen molar-refractivity contribution in [2.45, 2.75) is 6.61 Å². The molecule has 0 saturated heterocycles. The third-order valence-electron chi connectivity index (χ3n) is 2.86. The molecule has 0 aliphatic rings. The zero-order chi connectivity index (χ0) is 16.1. The molecule has 1 amide bonds. The standard InChI is InChI=1S/C15H12Cl2N2O3/c16-11-5-10(14(21)13(17)6-11)7-18-19-15(22)12-4-2-1-3-9(12)8-20/h1-7,20-21H,8H2,(H,19,22). The van der Waals surface area contributed by atoms with Crippen molar-refractivity contribution in [2.75, 3.05) is 0 Å². The molecule has 0 aliphatic heterocycles. The van der Waals surface area contributed by atoms with Crippen LogP contribution < -0.4 is 5.43 Å². The molecular weight excluding hydrogens is 327 g/mol. The van der Waals surface area contributed by atoms with E-state index < -0.39 is 5.91 Å². The molecule has 0 aliphatic carbocycles. The summed E-state index contributed by atoms with van der Waals surface area (Å²) in [7, 11) is 0. The molecular formula is C15H12Cl2N2O3. The number of benzene rings is 2. The summed E-state index contributed by atoms with van der Waals surface area (Å²) in [6.07, 6.45) is 1.23. The smallest absolute Gasteiger partial charge is 0.271 e. The fourth-order valence-electron chi connectivity index (χ4n) is 1.78. The number of hydrogen-bond donors (Lipinski definition) is 3. The van der Waals surface area contributed by atoms with Crippen LogP contribution >= 0.6 is 23.2 Å². The van der Waals surface area contributed by atoms with Crippen molar-refractivity contribution in [3.63, 3.8) is 0 Å². The summed E-state index contributed by atoms with van der Waals surface area (Å²) < 4.78 is 0. The number of aliphatic hydroxyl groups is 1. The van der Waals surface area contributed by atoms with E-state index in [1.807, 2.05) is 0 Å². The fourth-order valence-corrected chi connectivity index (χ4v) is 2.29. The molecule has 114 valence electrons. The zero-order valence-electron chi connectivity index (χ0n) is 11.3. The molecule has 0 radical (unpaired) electrons. The first-order valence-electron chi connectivity index (χ1n) is 6.23. The minimum atomic E-state index is -0.478. The van der Waals surface area contributed by atoms with Crippen molar-refractivity contribution >= 4 is 35.3 Å². The lowest BCUT2D eigenvalue weighted by Gasteiger charge is -2.05. The Morgan fingerprint density at radius 1 is 1.27 bits per heavy atom. The van der Waals surface area contributed by atoms with Crippen molar-refractivity contribution in [1.29, 1.82) is 0 Å². The average molecular weight is 339 g/mol. The Hall–Kier alpha value is -2.08. The van der Waals surface area contributed by atoms with Crippen LogP contribution in [0.25, 0.3) is 0 Å². The Morgan fingerprint density at radius 2 is 2.00 bits per heavy atom. The number of hydrazone groups is 1. The van der Waals surface area contributed by atoms with Gasteiger partial charge in [-0.2, -0.15) is 5.10 Å². The summed E-state index contributed by atoms with van der Waals surface area (Å²) in [5, 5.41) is 23.1. The van der Waals surface area contributed by atoms with Gasteiger partial charge in [0.15, 0.2) is 0 Å². The first-order chi connectivity index (χ1) is 10.5. The Labute approximate surface area is 136 Å². The number of hydrogen-bond acceptors (Lipinski definition) is 4. The molecule has 0 fully saturated rings. The summed E-state index contributed by atoms with van der Waals surface area (Å²) in [6.45, 7) is -0.252. The number of halogens is 2. The Kier molecular flexibility index (Phi) is 5.38. The number of aromatic hydroxyl groups is 1. The van der Waals surface area contributed by atoms with Crippen LogP contribution in [-0.4, -0.2) is 22.3 Å². The number of phenolic OH excluding ortho intramolecular Hbond substituents is 1. The lowest BCUT2D eigenvalue weighted by molar-refractivity contribution is 0.0952. The second-order valence-corrected chi connectivity index (χ2v) is 5.18. The average Bonchev–Trinajstić information content (AvgIpc) is 2.51. The van der Waals surface area contributed by atoms with Crippen LogP contribution in [0.15, 0.2) is 41.5 Å². The summed E-state index contributed by atoms with van der Waals surface area (Å²) in [5.74, 6) is -0.659. The highest BCUT2D eigenvalue weighted by atomic mass is 35.5. The van der Waals surface area contributed by atoms with Crippen molar-refractivity contribution in [2.24, 2.45) is 5.10 Å². The molecule has 2 aromatic rings. The minimum absolute atomic E-state index is 0.0888. The number of nitrogens with zero attached hydrogens (tertiary/aromatic N) is 1. The van der Waals surface area contributed by atoms with E-state index in [-0.39, 0.29) is 22.9 Å². The Morgan fingerprint density at radius 3 is 2.73 bits per heavy atom. The molecule has 0 saturated carbocycles. The van der Waals surface area contributed by atoms with Crippen molar-refractivity contribution in [1.82, 2.24) is 5.43 Å². The maximum absolute atomic E-state index is 12.0. The monoisotopic (exact) mass is 338 g/mol. The molecule has 0 bridgehead atoms. The van der Waals surface area contributed by atoms with Gasteiger partial charge < -0.3 is 10.2 Å². The van der Waals surface area contributed by atoms with E-state index in [0.717, 1.165) is 0 Å². The number of aliphatic hydroxyl groups excluding tert-OH is 1. The lowest BCUT2D eigenvalue weighted by Crippen LogP contribution is -2.19. The van der Waals surface area contributed by atoms with E-state index in [1.54, 1.807) is 24.3 Å². The van der Waals surface area contributed by atoms with Crippen LogP contribution in [0, 0.1) is 0 Å². The van der Waals surface area contributed by atoms with E-state index in [0.29, 0.717) is 16.1 Å². The van der Waals surface area contributed by atoms with Crippen molar-refractivity contribution in [3.8, 4) is 5.75 Å². The molecule has 7 heteroatoms. The van der Waals surface area contributed by atoms with E-state index >= 15 is 0 Å². The normalized spacial score (nSPS) is 10.9. The number of phenols is 1. The molecule has 3 N–H and O–H groups in total. The molecule has 0 unspecified atom stereocenters. The molecule has 22 heavy (non-hydrogen) atoms. The molecule has 2 aromatic carbocycles. The predicted molar refractivity (Wildman–Crippen MR) is 85.6 cm³/mol. The second-order valence-electron chi connectivity index (χ2n) is 4.34. The molecule has 0 aromatic heterocycles. The number of carbonyl (C=O) groups is 1. The van der Waals surface area contributed by atoms with Gasteiger partial charge in [-0.3, -0.25) is 4.79 Å². The van der Waals surface area contributed by atoms with Crippen molar-refractivity contribution in [3.05, 3.63) is 63.1 Å². The minimum Gasteiger partial charge on any atom is -0.506 e. The first kappa shape index (κ1) is 16.3. The van der Waals surface area contributed by atoms with Gasteiger partial charge in [0.05, 0.1) is 17.8 Å². The van der Waals surface area contributed by atoms with Crippen molar-refractivity contribution < 1.29 is 15.0 Å². The van der Waals surface area contributed by atoms with Crippen LogP contribution in [0.4, 0.5) is 0 Å². The van der Waals surface area contributed by atoms with E-state index in [4.69, 9.17) is 23.2 Å². The molecule has 2 rings (SSSR count). The van der Waals surface area contributed by atoms with Gasteiger partial charge in [0.1, 0.15) is 5.75 Å². The van der Waals surface area contributed by atoms with E-state index in [2.05, 4.69) is 10.5 Å². The van der Waals surface area contributed by atoms with E-state index in [1.165, 1.54) is 18.3 Å². The number of nitrogens with one attached hydrogen (secondary N) is 1. The summed E-state index contributed by atoms with van der Waals surface area (Å²) in [5.41, 5.74) is 3.39. The van der Waals surface area contributed by atoms with Gasteiger partial charge in [-0.25, -0.2) is 5.43 Å². The molecule has 0 atom stereocenters. The largest absolute Gasteiger partial charge is 0.506 e. The van der Waals surface area contributed by atoms with Crippen LogP contribution in [0.2, 0.25) is 10.0 Å². The van der Waals surface area contributed by atoms with Gasteiger partial charge in [0.2, 0.25) is 0 Å². The highest BCUT2D eigenvalue weighted by Crippen LogP contribution is 2.29. The Bertz CT molecular complexity index is 733. The highest BCUT2D eigenvalue weighted by Gasteiger charge is 2.09. The van der Waals surface area contributed by atoms with Crippen LogP contribution in [-0.2, 0) is 6.61 Å².